The van der Waals surface area contributed by atoms with Gasteiger partial charge < -0.3 is 5.32 Å². The first-order valence-corrected chi connectivity index (χ1v) is 5.89. The molecule has 0 unspecified atom stereocenters. The van der Waals surface area contributed by atoms with Gasteiger partial charge in [0.1, 0.15) is 0 Å². The van der Waals surface area contributed by atoms with Gasteiger partial charge in [-0.15, -0.1) is 0 Å². The van der Waals surface area contributed by atoms with Crippen molar-refractivity contribution in [3.05, 3.63) is 40.3 Å². The maximum absolute atomic E-state index is 11.4. The fourth-order valence-corrected chi connectivity index (χ4v) is 2.16. The van der Waals surface area contributed by atoms with E-state index < -0.39 is 0 Å². The van der Waals surface area contributed by atoms with E-state index in [0.29, 0.717) is 20.8 Å². The highest BCUT2D eigenvalue weighted by molar-refractivity contribution is 8.18. The van der Waals surface area contributed by atoms with Crippen LogP contribution in [0, 0.1) is 0 Å². The maximum atomic E-state index is 11.4. The summed E-state index contributed by atoms with van der Waals surface area (Å²) in [6.45, 7) is 1.82. The minimum atomic E-state index is -0.113. The number of hydrogen-bond acceptors (Lipinski definition) is 3. The number of para-hydroxylation sites is 1. The lowest BCUT2D eigenvalue weighted by Crippen LogP contribution is -2.19. The molecule has 1 aliphatic rings. The summed E-state index contributed by atoms with van der Waals surface area (Å²) in [6, 6.07) is 7.25. The number of carbonyl (C=O) groups excluding carboxylic acids is 1. The summed E-state index contributed by atoms with van der Waals surface area (Å²) in [5.41, 5.74) is 0.657. The standard InChI is InChI=1S/C11H9ClN2OS/c1-2-9-10(15)14-11(16-9)13-8-6-4-3-5-7(8)12/h2-6H,1H3,(H,13,14,15). The van der Waals surface area contributed by atoms with Crippen molar-refractivity contribution in [1.29, 1.82) is 0 Å². The topological polar surface area (TPSA) is 41.5 Å². The first-order valence-electron chi connectivity index (χ1n) is 4.69. The minimum absolute atomic E-state index is 0.113. The lowest BCUT2D eigenvalue weighted by atomic mass is 10.3. The molecule has 0 aliphatic carbocycles. The van der Waals surface area contributed by atoms with Crippen molar-refractivity contribution < 1.29 is 4.79 Å². The Morgan fingerprint density at radius 1 is 1.44 bits per heavy atom. The largest absolute Gasteiger partial charge is 0.300 e. The molecule has 82 valence electrons. The lowest BCUT2D eigenvalue weighted by Gasteiger charge is -1.98. The number of carbonyl (C=O) groups is 1. The van der Waals surface area contributed by atoms with E-state index in [-0.39, 0.29) is 5.91 Å². The normalized spacial score (nSPS) is 20.5. The number of amidine groups is 1. The van der Waals surface area contributed by atoms with Gasteiger partial charge in [-0.3, -0.25) is 4.79 Å². The van der Waals surface area contributed by atoms with Crippen LogP contribution in [0.25, 0.3) is 0 Å². The molecular formula is C11H9ClN2OS. The quantitative estimate of drug-likeness (QED) is 0.781. The number of nitrogens with zero attached hydrogens (tertiary/aromatic N) is 1. The average molecular weight is 253 g/mol. The molecule has 0 spiro atoms. The Morgan fingerprint density at radius 2 is 2.19 bits per heavy atom. The molecule has 0 bridgehead atoms. The van der Waals surface area contributed by atoms with E-state index in [9.17, 15) is 4.79 Å². The van der Waals surface area contributed by atoms with Crippen LogP contribution in [0.2, 0.25) is 5.02 Å². The van der Waals surface area contributed by atoms with Crippen molar-refractivity contribution in [2.75, 3.05) is 0 Å². The van der Waals surface area contributed by atoms with Crippen LogP contribution in [-0.4, -0.2) is 11.1 Å². The van der Waals surface area contributed by atoms with Crippen molar-refractivity contribution in [2.45, 2.75) is 6.92 Å². The Bertz CT molecular complexity index is 497. The molecule has 1 aromatic carbocycles. The second-order valence-corrected chi connectivity index (χ2v) is 4.52. The molecule has 1 saturated heterocycles. The van der Waals surface area contributed by atoms with E-state index in [1.165, 1.54) is 11.8 Å². The van der Waals surface area contributed by atoms with Crippen LogP contribution in [0.15, 0.2) is 40.2 Å². The van der Waals surface area contributed by atoms with Crippen molar-refractivity contribution in [1.82, 2.24) is 5.32 Å². The molecule has 0 aromatic heterocycles. The van der Waals surface area contributed by atoms with E-state index in [4.69, 9.17) is 11.6 Å². The second kappa shape index (κ2) is 4.72. The predicted molar refractivity (Wildman–Crippen MR) is 68.0 cm³/mol. The molecule has 0 atom stereocenters. The van der Waals surface area contributed by atoms with Crippen LogP contribution in [0.5, 0.6) is 0 Å². The van der Waals surface area contributed by atoms with Crippen molar-refractivity contribution >= 4 is 40.1 Å². The first-order chi connectivity index (χ1) is 7.70. The zero-order valence-corrected chi connectivity index (χ0v) is 10.1. The molecule has 1 N–H and O–H groups in total. The average Bonchev–Trinajstić information content (AvgIpc) is 2.62. The highest BCUT2D eigenvalue weighted by Gasteiger charge is 2.22. The Hall–Kier alpha value is -1.26. The zero-order chi connectivity index (χ0) is 11.5. The van der Waals surface area contributed by atoms with Gasteiger partial charge in [-0.2, -0.15) is 0 Å². The highest BCUT2D eigenvalue weighted by Crippen LogP contribution is 2.29. The fraction of sp³-hybridized carbons (Fsp3) is 0.0909. The van der Waals surface area contributed by atoms with Gasteiger partial charge in [0.05, 0.1) is 15.6 Å². The zero-order valence-electron chi connectivity index (χ0n) is 8.53. The summed E-state index contributed by atoms with van der Waals surface area (Å²) in [5.74, 6) is -0.113. The molecule has 2 rings (SSSR count). The molecule has 16 heavy (non-hydrogen) atoms. The summed E-state index contributed by atoms with van der Waals surface area (Å²) in [4.78, 5) is 16.3. The van der Waals surface area contributed by atoms with Crippen LogP contribution >= 0.6 is 23.4 Å². The summed E-state index contributed by atoms with van der Waals surface area (Å²) in [5, 5.41) is 3.81. The Labute approximate surface area is 103 Å². The van der Waals surface area contributed by atoms with Crippen LogP contribution in [-0.2, 0) is 4.79 Å². The number of benzene rings is 1. The van der Waals surface area contributed by atoms with Crippen LogP contribution in [0.1, 0.15) is 6.92 Å². The molecule has 0 saturated carbocycles. The summed E-state index contributed by atoms with van der Waals surface area (Å²) < 4.78 is 0. The van der Waals surface area contributed by atoms with E-state index in [0.717, 1.165) is 0 Å². The summed E-state index contributed by atoms with van der Waals surface area (Å²) in [6.07, 6.45) is 1.76. The van der Waals surface area contributed by atoms with Crippen LogP contribution in [0.4, 0.5) is 5.69 Å². The van der Waals surface area contributed by atoms with E-state index in [2.05, 4.69) is 10.3 Å². The van der Waals surface area contributed by atoms with Crippen molar-refractivity contribution in [3.63, 3.8) is 0 Å². The fourth-order valence-electron chi connectivity index (χ4n) is 1.23. The Kier molecular flexibility index (Phi) is 3.31. The Balaban J connectivity index is 2.28. The number of halogens is 1. The first kappa shape index (κ1) is 11.2. The SMILES string of the molecule is CC=C1SC(=Nc2ccccc2Cl)NC1=O. The van der Waals surface area contributed by atoms with E-state index in [1.54, 1.807) is 18.2 Å². The molecule has 3 nitrogen and oxygen atoms in total. The van der Waals surface area contributed by atoms with Crippen molar-refractivity contribution in [3.8, 4) is 0 Å². The van der Waals surface area contributed by atoms with Gasteiger partial charge in [0, 0.05) is 0 Å². The molecule has 5 heteroatoms. The van der Waals surface area contributed by atoms with Gasteiger partial charge >= 0.3 is 0 Å². The molecule has 0 radical (unpaired) electrons. The van der Waals surface area contributed by atoms with Crippen molar-refractivity contribution in [2.24, 2.45) is 4.99 Å². The summed E-state index contributed by atoms with van der Waals surface area (Å²) in [7, 11) is 0. The summed E-state index contributed by atoms with van der Waals surface area (Å²) >= 11 is 7.28. The number of hydrogen-bond donors (Lipinski definition) is 1. The number of amides is 1. The van der Waals surface area contributed by atoms with Gasteiger partial charge in [-0.25, -0.2) is 4.99 Å². The third-order valence-electron chi connectivity index (χ3n) is 1.99. The third kappa shape index (κ3) is 2.28. The maximum Gasteiger partial charge on any atom is 0.263 e. The molecule has 1 heterocycles. The number of aliphatic imine (C=N–C) groups is 1. The minimum Gasteiger partial charge on any atom is -0.300 e. The number of thioether (sulfide) groups is 1. The molecule has 1 aliphatic heterocycles. The molecule has 1 aromatic rings. The van der Waals surface area contributed by atoms with E-state index in [1.807, 2.05) is 19.1 Å². The monoisotopic (exact) mass is 252 g/mol. The molecule has 1 fully saturated rings. The molecular weight excluding hydrogens is 244 g/mol. The van der Waals surface area contributed by atoms with E-state index >= 15 is 0 Å². The van der Waals surface area contributed by atoms with Gasteiger partial charge in [-0.1, -0.05) is 29.8 Å². The Morgan fingerprint density at radius 3 is 2.81 bits per heavy atom. The highest BCUT2D eigenvalue weighted by atomic mass is 35.5. The van der Waals surface area contributed by atoms with Crippen LogP contribution in [0.3, 0.4) is 0 Å². The second-order valence-electron chi connectivity index (χ2n) is 3.08. The predicted octanol–water partition coefficient (Wildman–Crippen LogP) is 3.09. The third-order valence-corrected chi connectivity index (χ3v) is 3.33. The van der Waals surface area contributed by atoms with Gasteiger partial charge in [0.25, 0.3) is 5.91 Å². The van der Waals surface area contributed by atoms with Gasteiger partial charge in [0.2, 0.25) is 0 Å². The number of allylic oxidation sites excluding steroid dienone is 1. The number of nitrogens with one attached hydrogen (secondary N) is 1. The number of rotatable bonds is 1. The molecule has 1 amide bonds. The van der Waals surface area contributed by atoms with Gasteiger partial charge in [0.15, 0.2) is 5.17 Å². The van der Waals surface area contributed by atoms with Crippen LogP contribution < -0.4 is 5.32 Å². The smallest absolute Gasteiger partial charge is 0.263 e. The lowest BCUT2D eigenvalue weighted by molar-refractivity contribution is -0.115. The van der Waals surface area contributed by atoms with Gasteiger partial charge in [-0.05, 0) is 30.8 Å².